The molecular weight excluding hydrogens is 209 g/mol. The van der Waals surface area contributed by atoms with Crippen LogP contribution in [0.1, 0.15) is 12.5 Å². The van der Waals surface area contributed by atoms with E-state index in [-0.39, 0.29) is 11.7 Å². The van der Waals surface area contributed by atoms with Crippen molar-refractivity contribution in [2.24, 2.45) is 0 Å². The van der Waals surface area contributed by atoms with Crippen LogP contribution in [0, 0.1) is 0 Å². The maximum absolute atomic E-state index is 12.4. The zero-order valence-electron chi connectivity index (χ0n) is 8.35. The van der Waals surface area contributed by atoms with E-state index in [0.29, 0.717) is 6.54 Å². The summed E-state index contributed by atoms with van der Waals surface area (Å²) in [6.07, 6.45) is -4.39. The van der Waals surface area contributed by atoms with E-state index in [1.54, 1.807) is 6.92 Å². The fourth-order valence-electron chi connectivity index (χ4n) is 1.05. The number of hydrogen-bond donors (Lipinski definition) is 1. The number of rotatable bonds is 3. The molecule has 0 saturated carbocycles. The summed E-state index contributed by atoms with van der Waals surface area (Å²) in [5.41, 5.74) is -0.773. The number of anilines is 1. The van der Waals surface area contributed by atoms with Gasteiger partial charge in [0.15, 0.2) is 0 Å². The molecule has 1 N–H and O–H groups in total. The first kappa shape index (κ1) is 11.6. The number of halogens is 3. The Labute approximate surface area is 85.3 Å². The first-order valence-electron chi connectivity index (χ1n) is 4.34. The molecule has 0 atom stereocenters. The van der Waals surface area contributed by atoms with Gasteiger partial charge in [-0.3, -0.25) is 0 Å². The van der Waals surface area contributed by atoms with Crippen molar-refractivity contribution in [2.45, 2.75) is 13.1 Å². The van der Waals surface area contributed by atoms with E-state index in [1.807, 2.05) is 0 Å². The summed E-state index contributed by atoms with van der Waals surface area (Å²) in [5.74, 6) is 0.102. The minimum absolute atomic E-state index is 0.0548. The van der Waals surface area contributed by atoms with E-state index in [4.69, 9.17) is 0 Å². The van der Waals surface area contributed by atoms with Gasteiger partial charge >= 0.3 is 6.18 Å². The quantitative estimate of drug-likeness (QED) is 0.849. The molecule has 1 aromatic heterocycles. The van der Waals surface area contributed by atoms with Gasteiger partial charge in [-0.15, -0.1) is 0 Å². The Morgan fingerprint density at radius 1 is 1.40 bits per heavy atom. The standard InChI is InChI=1S/C9H11F3N2O/c1-3-13-7-4-6(9(10,11)12)5-8(14-7)15-2/h4-5H,3H2,1-2H3,(H,13,14). The largest absolute Gasteiger partial charge is 0.481 e. The van der Waals surface area contributed by atoms with Crippen molar-refractivity contribution in [1.29, 1.82) is 0 Å². The van der Waals surface area contributed by atoms with E-state index in [0.717, 1.165) is 12.1 Å². The number of alkyl halides is 3. The molecule has 84 valence electrons. The molecule has 0 fully saturated rings. The highest BCUT2D eigenvalue weighted by Crippen LogP contribution is 2.32. The Morgan fingerprint density at radius 2 is 2.07 bits per heavy atom. The van der Waals surface area contributed by atoms with Gasteiger partial charge in [-0.1, -0.05) is 0 Å². The molecule has 0 amide bonds. The molecule has 0 bridgehead atoms. The molecule has 0 spiro atoms. The Hall–Kier alpha value is -1.46. The average Bonchev–Trinajstić information content (AvgIpc) is 2.16. The minimum atomic E-state index is -4.39. The van der Waals surface area contributed by atoms with Gasteiger partial charge in [0.05, 0.1) is 12.7 Å². The van der Waals surface area contributed by atoms with E-state index in [2.05, 4.69) is 15.0 Å². The molecule has 1 heterocycles. The summed E-state index contributed by atoms with van der Waals surface area (Å²) >= 11 is 0. The highest BCUT2D eigenvalue weighted by Gasteiger charge is 2.31. The van der Waals surface area contributed by atoms with Crippen LogP contribution in [0.25, 0.3) is 0 Å². The Balaban J connectivity index is 3.11. The summed E-state index contributed by atoms with van der Waals surface area (Å²) < 4.78 is 41.9. The van der Waals surface area contributed by atoms with Crippen LogP contribution in [0.15, 0.2) is 12.1 Å². The second-order valence-corrected chi connectivity index (χ2v) is 2.81. The van der Waals surface area contributed by atoms with Crippen LogP contribution in [0.4, 0.5) is 19.0 Å². The van der Waals surface area contributed by atoms with Crippen molar-refractivity contribution in [1.82, 2.24) is 4.98 Å². The molecule has 0 radical (unpaired) electrons. The van der Waals surface area contributed by atoms with Crippen molar-refractivity contribution in [3.05, 3.63) is 17.7 Å². The Morgan fingerprint density at radius 3 is 2.53 bits per heavy atom. The number of nitrogens with zero attached hydrogens (tertiary/aromatic N) is 1. The van der Waals surface area contributed by atoms with Crippen molar-refractivity contribution in [2.75, 3.05) is 19.0 Å². The van der Waals surface area contributed by atoms with Gasteiger partial charge in [0.2, 0.25) is 5.88 Å². The molecule has 1 rings (SSSR count). The van der Waals surface area contributed by atoms with Crippen LogP contribution in [-0.4, -0.2) is 18.6 Å². The van der Waals surface area contributed by atoms with Crippen molar-refractivity contribution < 1.29 is 17.9 Å². The van der Waals surface area contributed by atoms with Gasteiger partial charge in [0.1, 0.15) is 5.82 Å². The molecule has 0 aliphatic carbocycles. The Bertz CT molecular complexity index is 339. The predicted octanol–water partition coefficient (Wildman–Crippen LogP) is 2.54. The van der Waals surface area contributed by atoms with Gasteiger partial charge in [-0.05, 0) is 13.0 Å². The second kappa shape index (κ2) is 4.37. The van der Waals surface area contributed by atoms with E-state index in [1.165, 1.54) is 7.11 Å². The number of nitrogens with one attached hydrogen (secondary N) is 1. The molecule has 0 unspecified atom stereocenters. The summed E-state index contributed by atoms with van der Waals surface area (Å²) in [6.45, 7) is 2.27. The highest BCUT2D eigenvalue weighted by molar-refractivity contribution is 5.42. The third kappa shape index (κ3) is 3.00. The lowest BCUT2D eigenvalue weighted by atomic mass is 10.2. The van der Waals surface area contributed by atoms with Crippen molar-refractivity contribution >= 4 is 5.82 Å². The SMILES string of the molecule is CCNc1cc(C(F)(F)F)cc(OC)n1. The van der Waals surface area contributed by atoms with Crippen LogP contribution in [0.3, 0.4) is 0 Å². The summed E-state index contributed by atoms with van der Waals surface area (Å²) in [6, 6.07) is 1.81. The lowest BCUT2D eigenvalue weighted by Gasteiger charge is -2.11. The fourth-order valence-corrected chi connectivity index (χ4v) is 1.05. The van der Waals surface area contributed by atoms with E-state index >= 15 is 0 Å². The molecular formula is C9H11F3N2O. The van der Waals surface area contributed by atoms with Gasteiger partial charge in [-0.25, -0.2) is 0 Å². The van der Waals surface area contributed by atoms with Gasteiger partial charge in [0.25, 0.3) is 0 Å². The van der Waals surface area contributed by atoms with E-state index in [9.17, 15) is 13.2 Å². The zero-order chi connectivity index (χ0) is 11.5. The monoisotopic (exact) mass is 220 g/mol. The van der Waals surface area contributed by atoms with Crippen LogP contribution < -0.4 is 10.1 Å². The van der Waals surface area contributed by atoms with Crippen LogP contribution in [0.5, 0.6) is 5.88 Å². The number of ether oxygens (including phenoxy) is 1. The molecule has 0 aromatic carbocycles. The van der Waals surface area contributed by atoms with Crippen LogP contribution >= 0.6 is 0 Å². The number of hydrogen-bond acceptors (Lipinski definition) is 3. The van der Waals surface area contributed by atoms with Crippen LogP contribution in [-0.2, 0) is 6.18 Å². The van der Waals surface area contributed by atoms with Gasteiger partial charge < -0.3 is 10.1 Å². The average molecular weight is 220 g/mol. The fraction of sp³-hybridized carbons (Fsp3) is 0.444. The molecule has 0 aliphatic heterocycles. The first-order valence-corrected chi connectivity index (χ1v) is 4.34. The topological polar surface area (TPSA) is 34.1 Å². The normalized spacial score (nSPS) is 11.3. The van der Waals surface area contributed by atoms with Gasteiger partial charge in [0, 0.05) is 12.6 Å². The predicted molar refractivity (Wildman–Crippen MR) is 50.0 cm³/mol. The zero-order valence-corrected chi connectivity index (χ0v) is 8.35. The Kier molecular flexibility index (Phi) is 3.39. The lowest BCUT2D eigenvalue weighted by Crippen LogP contribution is -2.08. The van der Waals surface area contributed by atoms with Gasteiger partial charge in [-0.2, -0.15) is 18.2 Å². The van der Waals surface area contributed by atoms with Crippen LogP contribution in [0.2, 0.25) is 0 Å². The minimum Gasteiger partial charge on any atom is -0.481 e. The smallest absolute Gasteiger partial charge is 0.416 e. The van der Waals surface area contributed by atoms with Crippen molar-refractivity contribution in [3.8, 4) is 5.88 Å². The lowest BCUT2D eigenvalue weighted by molar-refractivity contribution is -0.137. The second-order valence-electron chi connectivity index (χ2n) is 2.81. The molecule has 6 heteroatoms. The third-order valence-corrected chi connectivity index (χ3v) is 1.70. The van der Waals surface area contributed by atoms with Crippen molar-refractivity contribution in [3.63, 3.8) is 0 Å². The maximum Gasteiger partial charge on any atom is 0.416 e. The number of pyridine rings is 1. The number of methoxy groups -OCH3 is 1. The molecule has 0 aliphatic rings. The maximum atomic E-state index is 12.4. The van der Waals surface area contributed by atoms with E-state index < -0.39 is 11.7 Å². The molecule has 1 aromatic rings. The summed E-state index contributed by atoms with van der Waals surface area (Å²) in [5, 5.41) is 2.70. The third-order valence-electron chi connectivity index (χ3n) is 1.70. The first-order chi connectivity index (χ1) is 6.97. The summed E-state index contributed by atoms with van der Waals surface area (Å²) in [4.78, 5) is 3.82. The molecule has 0 saturated heterocycles. The molecule has 3 nitrogen and oxygen atoms in total. The number of aromatic nitrogens is 1. The highest BCUT2D eigenvalue weighted by atomic mass is 19.4. The molecule has 15 heavy (non-hydrogen) atoms. The summed E-state index contributed by atoms with van der Waals surface area (Å²) in [7, 11) is 1.28.